The van der Waals surface area contributed by atoms with Crippen molar-refractivity contribution in [3.63, 3.8) is 0 Å². The van der Waals surface area contributed by atoms with Crippen LogP contribution in [0.15, 0.2) is 24.3 Å². The molecule has 2 heterocycles. The van der Waals surface area contributed by atoms with Gasteiger partial charge in [-0.15, -0.1) is 15.3 Å². The van der Waals surface area contributed by atoms with Crippen molar-refractivity contribution in [1.82, 2.24) is 40.4 Å². The maximum absolute atomic E-state index is 4.42. The van der Waals surface area contributed by atoms with Crippen LogP contribution in [0.3, 0.4) is 0 Å². The Morgan fingerprint density at radius 2 is 1.71 bits per heavy atom. The fraction of sp³-hybridized carbons (Fsp3) is 0.429. The first kappa shape index (κ1) is 17.2. The number of rotatable bonds is 8. The number of alkyl halides is 2. The molecule has 0 fully saturated rings. The average Bonchev–Trinajstić information content (AvgIpc) is 3.27. The highest BCUT2D eigenvalue weighted by atomic mass is 79.9. The van der Waals surface area contributed by atoms with Gasteiger partial charge in [0, 0.05) is 28.3 Å². The van der Waals surface area contributed by atoms with E-state index in [9.17, 15) is 0 Å². The second kappa shape index (κ2) is 8.43. The molecule has 0 saturated heterocycles. The summed E-state index contributed by atoms with van der Waals surface area (Å²) >= 11 is 6.83. The lowest BCUT2D eigenvalue weighted by molar-refractivity contribution is 0.518. The van der Waals surface area contributed by atoms with E-state index in [4.69, 9.17) is 0 Å². The van der Waals surface area contributed by atoms with Crippen LogP contribution in [0.4, 0.5) is 0 Å². The van der Waals surface area contributed by atoms with Gasteiger partial charge < -0.3 is 0 Å². The number of aromatic nitrogens is 8. The molecule has 0 N–H and O–H groups in total. The van der Waals surface area contributed by atoms with Crippen molar-refractivity contribution in [2.75, 3.05) is 10.7 Å². The summed E-state index contributed by atoms with van der Waals surface area (Å²) in [4.78, 5) is 1.61. The largest absolute Gasteiger partial charge is 0.225 e. The molecule has 8 nitrogen and oxygen atoms in total. The number of hydrogen-bond acceptors (Lipinski definition) is 6. The molecule has 0 aliphatic heterocycles. The molecule has 24 heavy (non-hydrogen) atoms. The minimum absolute atomic E-state index is 0.603. The first-order valence-corrected chi connectivity index (χ1v) is 9.83. The third-order valence-corrected chi connectivity index (χ3v) is 4.48. The van der Waals surface area contributed by atoms with Crippen LogP contribution in [0.5, 0.6) is 0 Å². The molecule has 2 aromatic heterocycles. The number of hydrogen-bond donors (Lipinski definition) is 0. The molecule has 0 unspecified atom stereocenters. The number of tetrazole rings is 2. The minimum atomic E-state index is 0.603. The standard InChI is InChI=1S/C14H16Br2N8/c15-6-2-8-23-14(18-20-22-23)12-5-1-4-11(10-12)13-17-21-24(19-13)9-3-7-16/h1,4-5,10H,2-3,6-9H2. The summed E-state index contributed by atoms with van der Waals surface area (Å²) in [5.41, 5.74) is 1.83. The SMILES string of the molecule is BrCCCn1nnc(-c2cccc(-c3nnnn3CCCBr)c2)n1. The van der Waals surface area contributed by atoms with Gasteiger partial charge in [0.05, 0.1) is 6.54 Å². The lowest BCUT2D eigenvalue weighted by Gasteiger charge is -2.04. The first-order chi connectivity index (χ1) is 11.8. The highest BCUT2D eigenvalue weighted by molar-refractivity contribution is 9.09. The summed E-state index contributed by atoms with van der Waals surface area (Å²) in [7, 11) is 0. The fourth-order valence-corrected chi connectivity index (χ4v) is 2.73. The van der Waals surface area contributed by atoms with E-state index in [1.807, 2.05) is 24.3 Å². The summed E-state index contributed by atoms with van der Waals surface area (Å²) in [6.45, 7) is 1.50. The minimum Gasteiger partial charge on any atom is -0.225 e. The fourth-order valence-electron chi connectivity index (χ4n) is 2.22. The molecule has 126 valence electrons. The van der Waals surface area contributed by atoms with E-state index in [-0.39, 0.29) is 0 Å². The Morgan fingerprint density at radius 1 is 0.917 bits per heavy atom. The van der Waals surface area contributed by atoms with E-state index in [1.54, 1.807) is 9.48 Å². The predicted octanol–water partition coefficient (Wildman–Crippen LogP) is 2.56. The van der Waals surface area contributed by atoms with Crippen molar-refractivity contribution in [3.8, 4) is 22.8 Å². The highest BCUT2D eigenvalue weighted by Gasteiger charge is 2.12. The van der Waals surface area contributed by atoms with Gasteiger partial charge in [0.2, 0.25) is 5.82 Å². The zero-order chi connectivity index (χ0) is 16.8. The third kappa shape index (κ3) is 4.04. The monoisotopic (exact) mass is 454 g/mol. The molecular weight excluding hydrogens is 440 g/mol. The number of nitrogens with zero attached hydrogens (tertiary/aromatic N) is 8. The molecule has 0 aliphatic carbocycles. The molecular formula is C14H16Br2N8. The van der Waals surface area contributed by atoms with E-state index in [0.29, 0.717) is 5.82 Å². The van der Waals surface area contributed by atoms with Gasteiger partial charge >= 0.3 is 0 Å². The van der Waals surface area contributed by atoms with Crippen LogP contribution in [0, 0.1) is 0 Å². The first-order valence-electron chi connectivity index (χ1n) is 7.58. The Bertz CT molecular complexity index is 784. The molecule has 0 amide bonds. The smallest absolute Gasteiger partial charge is 0.204 e. The van der Waals surface area contributed by atoms with Crippen LogP contribution in [-0.4, -0.2) is 51.1 Å². The van der Waals surface area contributed by atoms with E-state index >= 15 is 0 Å². The normalized spacial score (nSPS) is 11.1. The Hall–Kier alpha value is -1.68. The molecule has 0 aliphatic rings. The highest BCUT2D eigenvalue weighted by Crippen LogP contribution is 2.22. The summed E-state index contributed by atoms with van der Waals surface area (Å²) < 4.78 is 1.81. The molecule has 0 spiro atoms. The van der Waals surface area contributed by atoms with Gasteiger partial charge in [-0.3, -0.25) is 0 Å². The van der Waals surface area contributed by atoms with Crippen LogP contribution in [0.1, 0.15) is 12.8 Å². The summed E-state index contributed by atoms with van der Waals surface area (Å²) in [5.74, 6) is 1.34. The molecule has 1 aromatic carbocycles. The molecule has 3 aromatic rings. The van der Waals surface area contributed by atoms with Gasteiger partial charge in [-0.2, -0.15) is 4.80 Å². The van der Waals surface area contributed by atoms with Crippen molar-refractivity contribution >= 4 is 31.9 Å². The summed E-state index contributed by atoms with van der Waals surface area (Å²) in [5, 5.41) is 26.4. The Morgan fingerprint density at radius 3 is 2.54 bits per heavy atom. The van der Waals surface area contributed by atoms with Gasteiger partial charge in [-0.05, 0) is 34.5 Å². The quantitative estimate of drug-likeness (QED) is 0.485. The molecule has 0 saturated carbocycles. The second-order valence-corrected chi connectivity index (χ2v) is 6.69. The molecule has 10 heteroatoms. The molecule has 0 bridgehead atoms. The second-order valence-electron chi connectivity index (χ2n) is 5.10. The number of benzene rings is 1. The Balaban J connectivity index is 1.84. The van der Waals surface area contributed by atoms with Crippen molar-refractivity contribution in [1.29, 1.82) is 0 Å². The van der Waals surface area contributed by atoms with Crippen LogP contribution in [0.2, 0.25) is 0 Å². The average molecular weight is 456 g/mol. The third-order valence-electron chi connectivity index (χ3n) is 3.36. The van der Waals surface area contributed by atoms with Crippen LogP contribution in [0.25, 0.3) is 22.8 Å². The van der Waals surface area contributed by atoms with Crippen molar-refractivity contribution in [2.45, 2.75) is 25.9 Å². The van der Waals surface area contributed by atoms with E-state index in [2.05, 4.69) is 62.8 Å². The van der Waals surface area contributed by atoms with Crippen LogP contribution >= 0.6 is 31.9 Å². The maximum atomic E-state index is 4.42. The van der Waals surface area contributed by atoms with E-state index in [1.165, 1.54) is 0 Å². The zero-order valence-electron chi connectivity index (χ0n) is 12.9. The lowest BCUT2D eigenvalue weighted by atomic mass is 10.1. The maximum Gasteiger partial charge on any atom is 0.204 e. The molecule has 0 radical (unpaired) electrons. The van der Waals surface area contributed by atoms with Crippen molar-refractivity contribution in [2.24, 2.45) is 0 Å². The van der Waals surface area contributed by atoms with Gasteiger partial charge in [0.25, 0.3) is 0 Å². The summed E-state index contributed by atoms with van der Waals surface area (Å²) in [6, 6.07) is 7.88. The Kier molecular flexibility index (Phi) is 6.02. The van der Waals surface area contributed by atoms with Crippen molar-refractivity contribution < 1.29 is 0 Å². The zero-order valence-corrected chi connectivity index (χ0v) is 16.1. The number of halogens is 2. The van der Waals surface area contributed by atoms with E-state index in [0.717, 1.165) is 53.5 Å². The van der Waals surface area contributed by atoms with E-state index < -0.39 is 0 Å². The topological polar surface area (TPSA) is 87.2 Å². The van der Waals surface area contributed by atoms with Crippen LogP contribution < -0.4 is 0 Å². The molecule has 0 atom stereocenters. The Labute approximate surface area is 155 Å². The lowest BCUT2D eigenvalue weighted by Crippen LogP contribution is -2.03. The number of aryl methyl sites for hydroxylation is 2. The van der Waals surface area contributed by atoms with Gasteiger partial charge in [0.15, 0.2) is 5.82 Å². The van der Waals surface area contributed by atoms with Crippen molar-refractivity contribution in [3.05, 3.63) is 24.3 Å². The van der Waals surface area contributed by atoms with Gasteiger partial charge in [-0.1, -0.05) is 50.1 Å². The van der Waals surface area contributed by atoms with Crippen LogP contribution in [-0.2, 0) is 13.1 Å². The molecule has 3 rings (SSSR count). The van der Waals surface area contributed by atoms with Gasteiger partial charge in [-0.25, -0.2) is 4.68 Å². The summed E-state index contributed by atoms with van der Waals surface area (Å²) in [6.07, 6.45) is 1.92. The predicted molar refractivity (Wildman–Crippen MR) is 96.9 cm³/mol. The van der Waals surface area contributed by atoms with Gasteiger partial charge in [0.1, 0.15) is 0 Å².